The lowest BCUT2D eigenvalue weighted by Crippen LogP contribution is -2.62. The third-order valence-corrected chi connectivity index (χ3v) is 2.43. The van der Waals surface area contributed by atoms with Gasteiger partial charge in [-0.1, -0.05) is 0 Å². The molecule has 2 fully saturated rings. The zero-order valence-electron chi connectivity index (χ0n) is 7.67. The number of carboxylic acid groups (broad SMARTS) is 2. The predicted molar refractivity (Wildman–Crippen MR) is 46.8 cm³/mol. The Hall–Kier alpha value is -1.16. The summed E-state index contributed by atoms with van der Waals surface area (Å²) in [4.78, 5) is 21.2. The highest BCUT2D eigenvalue weighted by molar-refractivity contribution is 6.64. The quantitative estimate of drug-likeness (QED) is 0.377. The van der Waals surface area contributed by atoms with Crippen LogP contribution in [0.15, 0.2) is 0 Å². The van der Waals surface area contributed by atoms with Gasteiger partial charge in [-0.15, -0.1) is 0 Å². The topological polar surface area (TPSA) is 117 Å². The number of carbonyl (C=O) groups is 2. The number of hydrogen-bond acceptors (Lipinski definition) is 6. The Bertz CT molecular complexity index is 280. The van der Waals surface area contributed by atoms with Gasteiger partial charge in [0.15, 0.2) is 0 Å². The number of hydrogen-bond donors (Lipinski definition) is 4. The summed E-state index contributed by atoms with van der Waals surface area (Å²) < 4.78 is 10.3. The molecule has 2 aliphatic rings. The molecule has 0 saturated carbocycles. The number of aliphatic carboxylic acids is 2. The summed E-state index contributed by atoms with van der Waals surface area (Å²) in [6.07, 6.45) is 0. The van der Waals surface area contributed by atoms with E-state index in [2.05, 4.69) is 10.5 Å². The fourth-order valence-electron chi connectivity index (χ4n) is 1.66. The van der Waals surface area contributed by atoms with Crippen molar-refractivity contribution >= 4 is 18.8 Å². The molecule has 0 amide bonds. The van der Waals surface area contributed by atoms with Crippen molar-refractivity contribution in [3.8, 4) is 0 Å². The first-order valence-electron chi connectivity index (χ1n) is 4.45. The highest BCUT2D eigenvalue weighted by atomic mass is 16.7. The van der Waals surface area contributed by atoms with Crippen molar-refractivity contribution in [3.05, 3.63) is 0 Å². The van der Waals surface area contributed by atoms with Crippen molar-refractivity contribution in [2.75, 3.05) is 13.2 Å². The molecule has 2 saturated heterocycles. The first-order valence-corrected chi connectivity index (χ1v) is 4.45. The zero-order chi connectivity index (χ0) is 11.1. The molecule has 0 radical (unpaired) electrons. The summed E-state index contributed by atoms with van der Waals surface area (Å²) in [5, 5.41) is 22.6. The lowest BCUT2D eigenvalue weighted by molar-refractivity contribution is -0.140. The Kier molecular flexibility index (Phi) is 2.39. The SMILES string of the molecule is O=C(O)C1CO[B-]2(N1)NC(C(=O)O)CO2. The molecule has 1 spiro atoms. The summed E-state index contributed by atoms with van der Waals surface area (Å²) in [5.41, 5.74) is 0. The van der Waals surface area contributed by atoms with Gasteiger partial charge in [0.2, 0.25) is 0 Å². The van der Waals surface area contributed by atoms with Crippen LogP contribution in [0, 0.1) is 0 Å². The molecule has 2 rings (SSSR count). The van der Waals surface area contributed by atoms with E-state index in [4.69, 9.17) is 19.5 Å². The number of rotatable bonds is 2. The van der Waals surface area contributed by atoms with Gasteiger partial charge < -0.3 is 30.0 Å². The Balaban J connectivity index is 2.00. The molecule has 0 aliphatic carbocycles. The van der Waals surface area contributed by atoms with Gasteiger partial charge in [0.1, 0.15) is 0 Å². The van der Waals surface area contributed by atoms with E-state index in [0.29, 0.717) is 0 Å². The van der Waals surface area contributed by atoms with E-state index < -0.39 is 30.8 Å². The van der Waals surface area contributed by atoms with Crippen molar-refractivity contribution in [2.24, 2.45) is 0 Å². The summed E-state index contributed by atoms with van der Waals surface area (Å²) in [5.74, 6) is -2.11. The minimum Gasteiger partial charge on any atom is -0.540 e. The summed E-state index contributed by atoms with van der Waals surface area (Å²) in [6, 6.07) is -1.74. The first kappa shape index (κ1) is 10.4. The van der Waals surface area contributed by atoms with Gasteiger partial charge in [0, 0.05) is 13.2 Å². The van der Waals surface area contributed by atoms with E-state index in [1.807, 2.05) is 0 Å². The molecule has 0 aromatic heterocycles. The molecular formula is C6H10BN2O6-. The van der Waals surface area contributed by atoms with E-state index in [0.717, 1.165) is 0 Å². The van der Waals surface area contributed by atoms with Crippen LogP contribution < -0.4 is 10.5 Å². The Labute approximate surface area is 84.6 Å². The van der Waals surface area contributed by atoms with E-state index in [9.17, 15) is 9.59 Å². The van der Waals surface area contributed by atoms with Gasteiger partial charge in [0.25, 0.3) is 0 Å². The van der Waals surface area contributed by atoms with Crippen LogP contribution in [-0.4, -0.2) is 54.3 Å². The second-order valence-corrected chi connectivity index (χ2v) is 3.49. The third kappa shape index (κ3) is 1.82. The largest absolute Gasteiger partial charge is 0.540 e. The number of nitrogens with one attached hydrogen (secondary N) is 2. The average molecular weight is 217 g/mol. The molecule has 15 heavy (non-hydrogen) atoms. The van der Waals surface area contributed by atoms with E-state index in [1.165, 1.54) is 0 Å². The van der Waals surface area contributed by atoms with Gasteiger partial charge in [-0.2, -0.15) is 0 Å². The normalized spacial score (nSPS) is 39.7. The summed E-state index contributed by atoms with van der Waals surface area (Å²) in [6.45, 7) is -2.24. The molecule has 0 bridgehead atoms. The van der Waals surface area contributed by atoms with Crippen molar-refractivity contribution in [1.29, 1.82) is 0 Å². The van der Waals surface area contributed by atoms with Crippen LogP contribution in [0.4, 0.5) is 0 Å². The van der Waals surface area contributed by atoms with Crippen LogP contribution in [0.25, 0.3) is 0 Å². The predicted octanol–water partition coefficient (Wildman–Crippen LogP) is -2.43. The Morgan fingerprint density at radius 2 is 1.47 bits per heavy atom. The maximum absolute atomic E-state index is 10.6. The molecular weight excluding hydrogens is 207 g/mol. The molecule has 84 valence electrons. The maximum atomic E-state index is 10.6. The van der Waals surface area contributed by atoms with E-state index in [-0.39, 0.29) is 13.2 Å². The lowest BCUT2D eigenvalue weighted by atomic mass is 9.91. The van der Waals surface area contributed by atoms with Gasteiger partial charge in [0.05, 0.1) is 12.1 Å². The molecule has 2 atom stereocenters. The highest BCUT2D eigenvalue weighted by Gasteiger charge is 2.46. The summed E-state index contributed by atoms with van der Waals surface area (Å²) in [7, 11) is 0. The van der Waals surface area contributed by atoms with Crippen LogP contribution >= 0.6 is 0 Å². The molecule has 0 aromatic rings. The maximum Gasteiger partial charge on any atom is 0.395 e. The van der Waals surface area contributed by atoms with Crippen molar-refractivity contribution in [2.45, 2.75) is 12.1 Å². The molecule has 8 nitrogen and oxygen atoms in total. The lowest BCUT2D eigenvalue weighted by Gasteiger charge is -2.29. The number of carboxylic acids is 2. The Morgan fingerprint density at radius 3 is 1.73 bits per heavy atom. The third-order valence-electron chi connectivity index (χ3n) is 2.43. The minimum atomic E-state index is -2.15. The van der Waals surface area contributed by atoms with Crippen LogP contribution in [0.1, 0.15) is 0 Å². The van der Waals surface area contributed by atoms with Crippen molar-refractivity contribution in [1.82, 2.24) is 10.5 Å². The van der Waals surface area contributed by atoms with Crippen molar-refractivity contribution in [3.63, 3.8) is 0 Å². The van der Waals surface area contributed by atoms with Crippen LogP contribution in [0.3, 0.4) is 0 Å². The minimum absolute atomic E-state index is 0.0470. The van der Waals surface area contributed by atoms with Gasteiger partial charge in [-0.25, -0.2) is 0 Å². The molecule has 2 heterocycles. The average Bonchev–Trinajstić information content (AvgIpc) is 2.74. The molecule has 0 aromatic carbocycles. The van der Waals surface area contributed by atoms with Gasteiger partial charge >= 0.3 is 18.8 Å². The fraction of sp³-hybridized carbons (Fsp3) is 0.667. The molecule has 2 unspecified atom stereocenters. The smallest absolute Gasteiger partial charge is 0.395 e. The van der Waals surface area contributed by atoms with Crippen LogP contribution in [0.2, 0.25) is 0 Å². The van der Waals surface area contributed by atoms with E-state index >= 15 is 0 Å². The van der Waals surface area contributed by atoms with Gasteiger partial charge in [-0.05, 0) is 0 Å². The van der Waals surface area contributed by atoms with Crippen molar-refractivity contribution < 1.29 is 29.1 Å². The Morgan fingerprint density at radius 1 is 1.07 bits per heavy atom. The zero-order valence-corrected chi connectivity index (χ0v) is 7.67. The standard InChI is InChI=1S/C6H10BN2O6/c10-5(11)3-1-14-7(8-3)9-4(2-15-7)6(12)13/h3-4,8-9H,1-2H2,(H,10,11)(H,12,13)/q-1. The van der Waals surface area contributed by atoms with Crippen LogP contribution in [0.5, 0.6) is 0 Å². The fourth-order valence-corrected chi connectivity index (χ4v) is 1.66. The second kappa shape index (κ2) is 3.45. The molecule has 2 aliphatic heterocycles. The van der Waals surface area contributed by atoms with E-state index in [1.54, 1.807) is 0 Å². The molecule has 9 heteroatoms. The highest BCUT2D eigenvalue weighted by Crippen LogP contribution is 2.16. The molecule has 4 N–H and O–H groups in total. The van der Waals surface area contributed by atoms with Gasteiger partial charge in [-0.3, -0.25) is 9.59 Å². The first-order chi connectivity index (χ1) is 7.02. The monoisotopic (exact) mass is 217 g/mol. The summed E-state index contributed by atoms with van der Waals surface area (Å²) >= 11 is 0. The van der Waals surface area contributed by atoms with Crippen LogP contribution in [-0.2, 0) is 18.9 Å². The second-order valence-electron chi connectivity index (χ2n) is 3.49.